The van der Waals surface area contributed by atoms with Gasteiger partial charge >= 0.3 is 0 Å². The molecule has 0 bridgehead atoms. The maximum atomic E-state index is 5.47. The van der Waals surface area contributed by atoms with Crippen LogP contribution in [0.15, 0.2) is 4.99 Å². The fourth-order valence-electron chi connectivity index (χ4n) is 0.956. The standard InChI is InChI=1S/C10H22N2O2S/c1-6-14-9(3)8(2)12-10(13-5)15-7-11-4/h8-9,11H,6-7H2,1-5H3/b12-10-/t8?,9-/m0/s1. The molecule has 0 aliphatic carbocycles. The summed E-state index contributed by atoms with van der Waals surface area (Å²) in [4.78, 5) is 4.44. The molecule has 1 N–H and O–H groups in total. The molecular weight excluding hydrogens is 212 g/mol. The molecule has 0 aromatic carbocycles. The summed E-state index contributed by atoms with van der Waals surface area (Å²) in [6, 6.07) is 0.115. The van der Waals surface area contributed by atoms with E-state index in [0.29, 0.717) is 11.8 Å². The monoisotopic (exact) mass is 234 g/mol. The summed E-state index contributed by atoms with van der Waals surface area (Å²) in [6.07, 6.45) is 0.121. The number of hydrogen-bond acceptors (Lipinski definition) is 5. The Bertz CT molecular complexity index is 188. The molecular formula is C10H22N2O2S. The summed E-state index contributed by atoms with van der Waals surface area (Å²) < 4.78 is 10.6. The smallest absolute Gasteiger partial charge is 0.247 e. The predicted molar refractivity (Wildman–Crippen MR) is 66.5 cm³/mol. The van der Waals surface area contributed by atoms with Crippen LogP contribution in [-0.4, -0.2) is 44.0 Å². The van der Waals surface area contributed by atoms with Gasteiger partial charge in [0, 0.05) is 6.61 Å². The summed E-state index contributed by atoms with van der Waals surface area (Å²) in [6.45, 7) is 6.75. The highest BCUT2D eigenvalue weighted by Gasteiger charge is 2.12. The number of thioether (sulfide) groups is 1. The highest BCUT2D eigenvalue weighted by atomic mass is 32.2. The van der Waals surface area contributed by atoms with E-state index in [1.807, 2.05) is 27.8 Å². The molecule has 0 aromatic heterocycles. The quantitative estimate of drug-likeness (QED) is 0.432. The van der Waals surface area contributed by atoms with Gasteiger partial charge in [0.15, 0.2) is 0 Å². The molecule has 0 radical (unpaired) electrons. The molecule has 5 heteroatoms. The minimum Gasteiger partial charge on any atom is -0.476 e. The Morgan fingerprint density at radius 1 is 1.47 bits per heavy atom. The third-order valence-corrected chi connectivity index (χ3v) is 2.88. The first kappa shape index (κ1) is 14.7. The molecule has 0 fully saturated rings. The van der Waals surface area contributed by atoms with Crippen LogP contribution in [0.3, 0.4) is 0 Å². The number of aliphatic imine (C=N–C) groups is 1. The van der Waals surface area contributed by atoms with Crippen LogP contribution >= 0.6 is 11.8 Å². The van der Waals surface area contributed by atoms with E-state index in [0.717, 1.165) is 5.88 Å². The molecule has 4 nitrogen and oxygen atoms in total. The number of hydrogen-bond donors (Lipinski definition) is 1. The number of nitrogens with one attached hydrogen (secondary N) is 1. The number of nitrogens with zero attached hydrogens (tertiary/aromatic N) is 1. The van der Waals surface area contributed by atoms with Crippen molar-refractivity contribution in [3.05, 3.63) is 0 Å². The summed E-state index contributed by atoms with van der Waals surface area (Å²) >= 11 is 1.55. The van der Waals surface area contributed by atoms with Crippen LogP contribution in [0.5, 0.6) is 0 Å². The zero-order valence-corrected chi connectivity index (χ0v) is 11.1. The first-order chi connectivity index (χ1) is 7.15. The van der Waals surface area contributed by atoms with Gasteiger partial charge in [-0.2, -0.15) is 0 Å². The van der Waals surface area contributed by atoms with E-state index < -0.39 is 0 Å². The summed E-state index contributed by atoms with van der Waals surface area (Å²) in [7, 11) is 3.53. The normalized spacial score (nSPS) is 16.2. The molecule has 0 spiro atoms. The zero-order chi connectivity index (χ0) is 11.7. The molecule has 0 aromatic rings. The van der Waals surface area contributed by atoms with Crippen LogP contribution in [0.4, 0.5) is 0 Å². The molecule has 2 atom stereocenters. The second kappa shape index (κ2) is 9.00. The Morgan fingerprint density at radius 2 is 2.13 bits per heavy atom. The van der Waals surface area contributed by atoms with E-state index in [9.17, 15) is 0 Å². The van der Waals surface area contributed by atoms with Crippen molar-refractivity contribution < 1.29 is 9.47 Å². The largest absolute Gasteiger partial charge is 0.476 e. The van der Waals surface area contributed by atoms with Crippen LogP contribution in [0.2, 0.25) is 0 Å². The van der Waals surface area contributed by atoms with Gasteiger partial charge in [-0.25, -0.2) is 4.99 Å². The summed E-state index contributed by atoms with van der Waals surface area (Å²) in [5, 5.41) is 3.73. The van der Waals surface area contributed by atoms with Gasteiger partial charge in [-0.15, -0.1) is 0 Å². The van der Waals surface area contributed by atoms with E-state index in [1.165, 1.54) is 0 Å². The average molecular weight is 234 g/mol. The first-order valence-corrected chi connectivity index (χ1v) is 6.15. The number of methoxy groups -OCH3 is 1. The fourth-order valence-corrected chi connectivity index (χ4v) is 1.58. The van der Waals surface area contributed by atoms with Gasteiger partial charge in [0.2, 0.25) is 5.23 Å². The third-order valence-electron chi connectivity index (χ3n) is 1.93. The van der Waals surface area contributed by atoms with Crippen LogP contribution in [0.25, 0.3) is 0 Å². The molecule has 1 unspecified atom stereocenters. The van der Waals surface area contributed by atoms with Gasteiger partial charge in [0.1, 0.15) is 0 Å². The van der Waals surface area contributed by atoms with Crippen molar-refractivity contribution in [2.45, 2.75) is 32.9 Å². The van der Waals surface area contributed by atoms with Crippen LogP contribution in [0, 0.1) is 0 Å². The second-order valence-corrected chi connectivity index (χ2v) is 4.07. The summed E-state index contributed by atoms with van der Waals surface area (Å²) in [5.41, 5.74) is 0. The molecule has 0 aliphatic heterocycles. The zero-order valence-electron chi connectivity index (χ0n) is 10.2. The van der Waals surface area contributed by atoms with Gasteiger partial charge in [0.25, 0.3) is 0 Å². The minimum atomic E-state index is 0.115. The minimum absolute atomic E-state index is 0.115. The van der Waals surface area contributed by atoms with Crippen molar-refractivity contribution in [3.8, 4) is 0 Å². The maximum absolute atomic E-state index is 5.47. The third kappa shape index (κ3) is 6.76. The Labute approximate surface area is 96.8 Å². The van der Waals surface area contributed by atoms with Gasteiger partial charge in [0.05, 0.1) is 25.1 Å². The van der Waals surface area contributed by atoms with Crippen molar-refractivity contribution >= 4 is 17.0 Å². The lowest BCUT2D eigenvalue weighted by molar-refractivity contribution is 0.0620. The lowest BCUT2D eigenvalue weighted by Crippen LogP contribution is -2.23. The number of rotatable bonds is 6. The molecule has 0 heterocycles. The molecule has 90 valence electrons. The molecule has 0 aliphatic rings. The van der Waals surface area contributed by atoms with Crippen LogP contribution in [-0.2, 0) is 9.47 Å². The van der Waals surface area contributed by atoms with Gasteiger partial charge in [-0.3, -0.25) is 0 Å². The molecule has 0 saturated carbocycles. The fraction of sp³-hybridized carbons (Fsp3) is 0.900. The Balaban J connectivity index is 4.14. The topological polar surface area (TPSA) is 42.9 Å². The molecule has 0 amide bonds. The Hall–Kier alpha value is -0.260. The highest BCUT2D eigenvalue weighted by Crippen LogP contribution is 2.09. The lowest BCUT2D eigenvalue weighted by atomic mass is 10.2. The lowest BCUT2D eigenvalue weighted by Gasteiger charge is -2.17. The predicted octanol–water partition coefficient (Wildman–Crippen LogP) is 1.71. The molecule has 15 heavy (non-hydrogen) atoms. The van der Waals surface area contributed by atoms with Gasteiger partial charge < -0.3 is 14.8 Å². The van der Waals surface area contributed by atoms with Crippen molar-refractivity contribution in [1.82, 2.24) is 5.32 Å². The number of ether oxygens (including phenoxy) is 2. The van der Waals surface area contributed by atoms with Crippen molar-refractivity contribution in [1.29, 1.82) is 0 Å². The van der Waals surface area contributed by atoms with Crippen molar-refractivity contribution in [2.24, 2.45) is 4.99 Å². The van der Waals surface area contributed by atoms with E-state index in [-0.39, 0.29) is 12.1 Å². The van der Waals surface area contributed by atoms with Crippen molar-refractivity contribution in [2.75, 3.05) is 26.6 Å². The van der Waals surface area contributed by atoms with E-state index >= 15 is 0 Å². The van der Waals surface area contributed by atoms with Gasteiger partial charge in [-0.1, -0.05) is 11.8 Å². The van der Waals surface area contributed by atoms with Crippen LogP contribution < -0.4 is 5.32 Å². The van der Waals surface area contributed by atoms with Crippen LogP contribution in [0.1, 0.15) is 20.8 Å². The van der Waals surface area contributed by atoms with E-state index in [4.69, 9.17) is 9.47 Å². The SMILES string of the molecule is CCO[C@@H](C)C(C)/N=C(/OC)SCNC. The second-order valence-electron chi connectivity index (χ2n) is 3.14. The molecule has 0 saturated heterocycles. The average Bonchev–Trinajstić information content (AvgIpc) is 2.24. The Morgan fingerprint density at radius 3 is 2.60 bits per heavy atom. The van der Waals surface area contributed by atoms with Crippen molar-refractivity contribution in [3.63, 3.8) is 0 Å². The molecule has 0 rings (SSSR count). The highest BCUT2D eigenvalue weighted by molar-refractivity contribution is 8.13. The van der Waals surface area contributed by atoms with E-state index in [1.54, 1.807) is 18.9 Å². The first-order valence-electron chi connectivity index (χ1n) is 5.16. The Kier molecular flexibility index (Phi) is 8.85. The van der Waals surface area contributed by atoms with E-state index in [2.05, 4.69) is 10.3 Å². The summed E-state index contributed by atoms with van der Waals surface area (Å²) in [5.74, 6) is 0.794. The van der Waals surface area contributed by atoms with Gasteiger partial charge in [-0.05, 0) is 27.8 Å². The maximum Gasteiger partial charge on any atom is 0.247 e.